The van der Waals surface area contributed by atoms with Gasteiger partial charge < -0.3 is 0 Å². The topological polar surface area (TPSA) is 86.0 Å². The molecule has 1 heterocycles. The maximum absolute atomic E-state index is 10.9. The van der Waals surface area contributed by atoms with Crippen molar-refractivity contribution >= 4 is 39.7 Å². The Morgan fingerprint density at radius 2 is 1.79 bits per heavy atom. The molecular formula is C5H3Cl2N3O3S. The van der Waals surface area contributed by atoms with Crippen molar-refractivity contribution < 1.29 is 9.13 Å². The minimum Gasteiger partial charge on any atom is -0.258 e. The smallest absolute Gasteiger partial charge is 0.258 e. The summed E-state index contributed by atoms with van der Waals surface area (Å²) in [6, 6.07) is 0. The summed E-state index contributed by atoms with van der Waals surface area (Å²) in [5, 5.41) is 9.44. The van der Waals surface area contributed by atoms with Gasteiger partial charge in [-0.15, -0.1) is 0 Å². The predicted molar refractivity (Wildman–Crippen MR) is 51.0 cm³/mol. The third-order valence-electron chi connectivity index (χ3n) is 1.22. The molecule has 0 saturated carbocycles. The van der Waals surface area contributed by atoms with Gasteiger partial charge in [0, 0.05) is 6.26 Å². The van der Waals surface area contributed by atoms with Crippen molar-refractivity contribution in [1.29, 1.82) is 0 Å². The summed E-state index contributed by atoms with van der Waals surface area (Å²) in [5.74, 6) is 0. The van der Waals surface area contributed by atoms with E-state index >= 15 is 0 Å². The number of hydrogen-bond donors (Lipinski definition) is 0. The maximum atomic E-state index is 10.9. The molecule has 0 aromatic carbocycles. The van der Waals surface area contributed by atoms with E-state index in [1.165, 1.54) is 6.26 Å². The van der Waals surface area contributed by atoms with Crippen LogP contribution in [0.2, 0.25) is 10.3 Å². The standard InChI is InChI=1S/C5H3Cl2N3O3S/c1-14(13)5-8-3(6)2(10(11)12)4(7)9-5/h1H3. The van der Waals surface area contributed by atoms with Gasteiger partial charge in [-0.3, -0.25) is 14.3 Å². The second kappa shape index (κ2) is 4.16. The van der Waals surface area contributed by atoms with Crippen LogP contribution in [0.3, 0.4) is 0 Å². The van der Waals surface area contributed by atoms with E-state index in [-0.39, 0.29) is 5.16 Å². The summed E-state index contributed by atoms with van der Waals surface area (Å²) in [4.78, 5) is 16.6. The zero-order chi connectivity index (χ0) is 10.9. The number of rotatable bonds is 2. The van der Waals surface area contributed by atoms with Crippen LogP contribution < -0.4 is 0 Å². The van der Waals surface area contributed by atoms with Gasteiger partial charge in [0.05, 0.1) is 15.7 Å². The number of nitrogens with zero attached hydrogens (tertiary/aromatic N) is 3. The first kappa shape index (κ1) is 11.3. The summed E-state index contributed by atoms with van der Waals surface area (Å²) in [5.41, 5.74) is -0.581. The molecule has 0 spiro atoms. The molecule has 1 aromatic rings. The average Bonchev–Trinajstić information content (AvgIpc) is 2.01. The lowest BCUT2D eigenvalue weighted by Crippen LogP contribution is -2.01. The third kappa shape index (κ3) is 2.17. The lowest BCUT2D eigenvalue weighted by Gasteiger charge is -1.98. The van der Waals surface area contributed by atoms with Crippen LogP contribution in [0.5, 0.6) is 0 Å². The second-order valence-corrected chi connectivity index (χ2v) is 4.14. The van der Waals surface area contributed by atoms with Crippen LogP contribution >= 0.6 is 23.2 Å². The summed E-state index contributed by atoms with van der Waals surface area (Å²) < 4.78 is 10.9. The van der Waals surface area contributed by atoms with E-state index in [9.17, 15) is 14.3 Å². The zero-order valence-electron chi connectivity index (χ0n) is 6.73. The van der Waals surface area contributed by atoms with E-state index in [1.807, 2.05) is 0 Å². The second-order valence-electron chi connectivity index (χ2n) is 2.15. The van der Waals surface area contributed by atoms with Crippen LogP contribution in [0.4, 0.5) is 5.69 Å². The first-order valence-corrected chi connectivity index (χ1v) is 5.45. The molecule has 0 radical (unpaired) electrons. The Labute approximate surface area is 90.9 Å². The average molecular weight is 256 g/mol. The van der Waals surface area contributed by atoms with Crippen molar-refractivity contribution in [3.8, 4) is 0 Å². The summed E-state index contributed by atoms with van der Waals surface area (Å²) >= 11 is 10.9. The molecule has 0 bridgehead atoms. The molecule has 1 aromatic heterocycles. The maximum Gasteiger partial charge on any atom is 0.343 e. The zero-order valence-corrected chi connectivity index (χ0v) is 9.06. The fourth-order valence-corrected chi connectivity index (χ4v) is 1.73. The Bertz CT molecular complexity index is 402. The van der Waals surface area contributed by atoms with E-state index in [0.29, 0.717) is 0 Å². The van der Waals surface area contributed by atoms with Crippen LogP contribution in [0.15, 0.2) is 5.16 Å². The molecule has 0 aliphatic carbocycles. The van der Waals surface area contributed by atoms with E-state index in [0.717, 1.165) is 0 Å². The summed E-state index contributed by atoms with van der Waals surface area (Å²) in [6.07, 6.45) is 1.31. The van der Waals surface area contributed by atoms with Crippen molar-refractivity contribution in [2.45, 2.75) is 5.16 Å². The highest BCUT2D eigenvalue weighted by atomic mass is 35.5. The Kier molecular flexibility index (Phi) is 3.35. The number of halogens is 2. The minimum absolute atomic E-state index is 0.134. The Balaban J connectivity index is 3.39. The van der Waals surface area contributed by atoms with Crippen LogP contribution in [0, 0.1) is 10.1 Å². The lowest BCUT2D eigenvalue weighted by atomic mass is 10.5. The van der Waals surface area contributed by atoms with E-state index in [2.05, 4.69) is 9.97 Å². The molecule has 0 saturated heterocycles. The highest BCUT2D eigenvalue weighted by Crippen LogP contribution is 2.29. The van der Waals surface area contributed by atoms with Gasteiger partial charge in [-0.25, -0.2) is 9.97 Å². The van der Waals surface area contributed by atoms with Crippen LogP contribution in [-0.2, 0) is 10.8 Å². The van der Waals surface area contributed by atoms with Crippen LogP contribution in [-0.4, -0.2) is 25.4 Å². The van der Waals surface area contributed by atoms with Gasteiger partial charge >= 0.3 is 5.69 Å². The minimum atomic E-state index is -1.48. The summed E-state index contributed by atoms with van der Waals surface area (Å²) in [6.45, 7) is 0. The van der Waals surface area contributed by atoms with Crippen molar-refractivity contribution in [3.63, 3.8) is 0 Å². The third-order valence-corrected chi connectivity index (χ3v) is 2.44. The van der Waals surface area contributed by atoms with Crippen molar-refractivity contribution in [2.24, 2.45) is 0 Å². The molecule has 1 unspecified atom stereocenters. The van der Waals surface area contributed by atoms with Gasteiger partial charge in [0.1, 0.15) is 0 Å². The Morgan fingerprint density at radius 1 is 1.36 bits per heavy atom. The highest BCUT2D eigenvalue weighted by Gasteiger charge is 2.22. The first-order chi connectivity index (χ1) is 6.43. The van der Waals surface area contributed by atoms with E-state index < -0.39 is 31.7 Å². The first-order valence-electron chi connectivity index (χ1n) is 3.14. The Hall–Kier alpha value is -0.790. The fraction of sp³-hybridized carbons (Fsp3) is 0.200. The van der Waals surface area contributed by atoms with E-state index in [4.69, 9.17) is 23.2 Å². The molecule has 9 heteroatoms. The molecule has 0 N–H and O–H groups in total. The Morgan fingerprint density at radius 3 is 2.07 bits per heavy atom. The molecule has 0 aliphatic rings. The van der Waals surface area contributed by atoms with Crippen LogP contribution in [0.25, 0.3) is 0 Å². The number of nitro groups is 1. The molecular weight excluding hydrogens is 253 g/mol. The number of hydrogen-bond acceptors (Lipinski definition) is 5. The quantitative estimate of drug-likeness (QED) is 0.345. The molecule has 0 amide bonds. The van der Waals surface area contributed by atoms with Gasteiger partial charge in [0.2, 0.25) is 15.5 Å². The van der Waals surface area contributed by atoms with Gasteiger partial charge in [-0.05, 0) is 0 Å². The van der Waals surface area contributed by atoms with Gasteiger partial charge in [-0.2, -0.15) is 0 Å². The normalized spacial score (nSPS) is 12.5. The van der Waals surface area contributed by atoms with Gasteiger partial charge in [0.25, 0.3) is 0 Å². The highest BCUT2D eigenvalue weighted by molar-refractivity contribution is 7.84. The number of aromatic nitrogens is 2. The molecule has 0 aliphatic heterocycles. The molecule has 1 rings (SSSR count). The van der Waals surface area contributed by atoms with E-state index in [1.54, 1.807) is 0 Å². The lowest BCUT2D eigenvalue weighted by molar-refractivity contribution is -0.385. The molecule has 76 valence electrons. The fourth-order valence-electron chi connectivity index (χ4n) is 0.663. The van der Waals surface area contributed by atoms with Crippen LogP contribution in [0.1, 0.15) is 0 Å². The van der Waals surface area contributed by atoms with Crippen molar-refractivity contribution in [1.82, 2.24) is 9.97 Å². The molecule has 1 atom stereocenters. The molecule has 6 nitrogen and oxygen atoms in total. The molecule has 0 fully saturated rings. The SMILES string of the molecule is CS(=O)c1nc(Cl)c([N+](=O)[O-])c(Cl)n1. The molecule has 14 heavy (non-hydrogen) atoms. The van der Waals surface area contributed by atoms with Crippen molar-refractivity contribution in [3.05, 3.63) is 20.4 Å². The van der Waals surface area contributed by atoms with Crippen molar-refractivity contribution in [2.75, 3.05) is 6.26 Å². The monoisotopic (exact) mass is 255 g/mol. The largest absolute Gasteiger partial charge is 0.343 e. The van der Waals surface area contributed by atoms with Gasteiger partial charge in [-0.1, -0.05) is 23.2 Å². The predicted octanol–water partition coefficient (Wildman–Crippen LogP) is 1.43. The van der Waals surface area contributed by atoms with Gasteiger partial charge in [0.15, 0.2) is 0 Å². The summed E-state index contributed by atoms with van der Waals surface area (Å²) in [7, 11) is -1.48.